The maximum atomic E-state index is 5.70. The lowest BCUT2D eigenvalue weighted by Gasteiger charge is -2.20. The van der Waals surface area contributed by atoms with Gasteiger partial charge in [-0.25, -0.2) is 0 Å². The molecule has 0 bridgehead atoms. The number of hydrogen-bond acceptors (Lipinski definition) is 3. The highest BCUT2D eigenvalue weighted by Crippen LogP contribution is 2.24. The van der Waals surface area contributed by atoms with E-state index in [1.165, 1.54) is 0 Å². The quantitative estimate of drug-likeness (QED) is 0.422. The van der Waals surface area contributed by atoms with Crippen LogP contribution in [0.3, 0.4) is 0 Å². The third-order valence-corrected chi connectivity index (χ3v) is 3.62. The minimum atomic E-state index is -1.44. The van der Waals surface area contributed by atoms with Gasteiger partial charge in [0.2, 0.25) is 5.79 Å². The van der Waals surface area contributed by atoms with Crippen molar-refractivity contribution in [1.29, 1.82) is 0 Å². The predicted molar refractivity (Wildman–Crippen MR) is 91.7 cm³/mol. The molecule has 0 amide bonds. The Morgan fingerprint density at radius 1 is 1.29 bits per heavy atom. The van der Waals surface area contributed by atoms with Gasteiger partial charge in [0.25, 0.3) is 0 Å². The average Bonchev–Trinajstić information content (AvgIpc) is 2.84. The van der Waals surface area contributed by atoms with Crippen LogP contribution in [0.5, 0.6) is 0 Å². The summed E-state index contributed by atoms with van der Waals surface area (Å²) in [6.07, 6.45) is 1.35. The number of rotatable bonds is 5. The second-order valence-corrected chi connectivity index (χ2v) is 11.7. The zero-order chi connectivity index (χ0) is 15.8. The van der Waals surface area contributed by atoms with Crippen molar-refractivity contribution in [2.24, 2.45) is 0 Å². The van der Waals surface area contributed by atoms with Crippen LogP contribution in [0.1, 0.15) is 12.8 Å². The zero-order valence-electron chi connectivity index (χ0n) is 13.1. The van der Waals surface area contributed by atoms with Crippen LogP contribution in [0.2, 0.25) is 19.6 Å². The largest absolute Gasteiger partial charge is 0.364 e. The summed E-state index contributed by atoms with van der Waals surface area (Å²) in [6.45, 7) is 12.4. The summed E-state index contributed by atoms with van der Waals surface area (Å²) in [7, 11) is -1.44. The van der Waals surface area contributed by atoms with Crippen molar-refractivity contribution >= 4 is 24.0 Å². The molecule has 0 unspecified atom stereocenters. The van der Waals surface area contributed by atoms with Crippen LogP contribution in [0.25, 0.3) is 0 Å². The summed E-state index contributed by atoms with van der Waals surface area (Å²) >= 11 is 3.23. The second kappa shape index (κ2) is 8.78. The van der Waals surface area contributed by atoms with Gasteiger partial charge in [0, 0.05) is 17.3 Å². The van der Waals surface area contributed by atoms with E-state index in [-0.39, 0.29) is 0 Å². The molecule has 0 aromatic carbocycles. The minimum absolute atomic E-state index is 0.403. The number of halogens is 1. The molecule has 0 spiro atoms. The predicted octanol–water partition coefficient (Wildman–Crippen LogP) is 3.32. The van der Waals surface area contributed by atoms with E-state index in [2.05, 4.69) is 65.5 Å². The highest BCUT2D eigenvalue weighted by atomic mass is 79.9. The fraction of sp³-hybridized carbons (Fsp3) is 0.625. The molecule has 0 saturated carbocycles. The average molecular weight is 371 g/mol. The first kappa shape index (κ1) is 18.5. The number of ether oxygens (including phenoxy) is 3. The van der Waals surface area contributed by atoms with Crippen LogP contribution in [0.15, 0.2) is 11.1 Å². The Bertz CT molecular complexity index is 468. The van der Waals surface area contributed by atoms with Crippen molar-refractivity contribution in [2.75, 3.05) is 26.4 Å². The van der Waals surface area contributed by atoms with Gasteiger partial charge >= 0.3 is 0 Å². The maximum Gasteiger partial charge on any atom is 0.234 e. The first-order chi connectivity index (χ1) is 9.83. The molecule has 0 atom stereocenters. The van der Waals surface area contributed by atoms with Crippen molar-refractivity contribution in [3.8, 4) is 23.3 Å². The minimum Gasteiger partial charge on any atom is -0.364 e. The smallest absolute Gasteiger partial charge is 0.234 e. The van der Waals surface area contributed by atoms with Gasteiger partial charge in [-0.1, -0.05) is 48.1 Å². The molecule has 1 rings (SSSR count). The molecule has 0 radical (unpaired) electrons. The van der Waals surface area contributed by atoms with Gasteiger partial charge in [0.05, 0.1) is 19.8 Å². The molecule has 1 saturated heterocycles. The lowest BCUT2D eigenvalue weighted by molar-refractivity contribution is -0.111. The van der Waals surface area contributed by atoms with E-state index in [0.29, 0.717) is 39.3 Å². The summed E-state index contributed by atoms with van der Waals surface area (Å²) in [4.78, 5) is 0. The van der Waals surface area contributed by atoms with Gasteiger partial charge in [-0.05, 0) is 5.92 Å². The van der Waals surface area contributed by atoms with E-state index in [4.69, 9.17) is 14.2 Å². The van der Waals surface area contributed by atoms with Crippen LogP contribution >= 0.6 is 15.9 Å². The Kier molecular flexibility index (Phi) is 7.73. The normalized spacial score (nSPS) is 16.6. The Hall–Kier alpha value is -0.563. The van der Waals surface area contributed by atoms with Gasteiger partial charge in [-0.2, -0.15) is 0 Å². The lowest BCUT2D eigenvalue weighted by atomic mass is 10.1. The van der Waals surface area contributed by atoms with Crippen molar-refractivity contribution in [3.63, 3.8) is 0 Å². The summed E-state index contributed by atoms with van der Waals surface area (Å²) in [5.41, 5.74) is 3.33. The first-order valence-electron chi connectivity index (χ1n) is 7.02. The third-order valence-electron chi connectivity index (χ3n) is 2.52. The lowest BCUT2D eigenvalue weighted by Crippen LogP contribution is -2.29. The molecule has 1 aliphatic heterocycles. The summed E-state index contributed by atoms with van der Waals surface area (Å²) in [5.74, 6) is 8.49. The molecular weight excluding hydrogens is 348 g/mol. The molecule has 1 aliphatic rings. The molecule has 0 aliphatic carbocycles. The third kappa shape index (κ3) is 8.46. The molecule has 5 heteroatoms. The Morgan fingerprint density at radius 2 is 1.95 bits per heavy atom. The molecule has 0 aromatic rings. The Morgan fingerprint density at radius 3 is 2.52 bits per heavy atom. The van der Waals surface area contributed by atoms with Crippen LogP contribution in [-0.4, -0.2) is 40.3 Å². The highest BCUT2D eigenvalue weighted by Gasteiger charge is 2.34. The Balaban J connectivity index is 2.43. The van der Waals surface area contributed by atoms with Crippen molar-refractivity contribution in [2.45, 2.75) is 38.3 Å². The van der Waals surface area contributed by atoms with Crippen LogP contribution < -0.4 is 0 Å². The molecular formula is C16H23BrO3Si. The van der Waals surface area contributed by atoms with E-state index < -0.39 is 13.9 Å². The Labute approximate surface area is 137 Å². The molecule has 1 fully saturated rings. The van der Waals surface area contributed by atoms with Crippen LogP contribution in [0, 0.1) is 23.3 Å². The van der Waals surface area contributed by atoms with Gasteiger partial charge in [0.15, 0.2) is 0 Å². The van der Waals surface area contributed by atoms with Crippen molar-refractivity contribution < 1.29 is 14.2 Å². The molecule has 0 N–H and O–H groups in total. The standard InChI is InChI=1S/C16H23BrO3Si/c1-15(17)14-18-10-7-5-6-8-16(19-11-12-20-16)9-13-21(2,3)4/h1,6,8,10-12,14H2,2-4H3. The highest BCUT2D eigenvalue weighted by molar-refractivity contribution is 9.11. The van der Waals surface area contributed by atoms with E-state index in [9.17, 15) is 0 Å². The second-order valence-electron chi connectivity index (χ2n) is 5.81. The topological polar surface area (TPSA) is 27.7 Å². The molecule has 3 nitrogen and oxygen atoms in total. The monoisotopic (exact) mass is 370 g/mol. The van der Waals surface area contributed by atoms with E-state index in [1.807, 2.05) is 0 Å². The van der Waals surface area contributed by atoms with Gasteiger partial charge in [-0.3, -0.25) is 0 Å². The fourth-order valence-corrected chi connectivity index (χ4v) is 2.32. The summed E-state index contributed by atoms with van der Waals surface area (Å²) in [6, 6.07) is 0. The molecule has 21 heavy (non-hydrogen) atoms. The number of hydrogen-bond donors (Lipinski definition) is 0. The summed E-state index contributed by atoms with van der Waals surface area (Å²) in [5, 5.41) is 0. The van der Waals surface area contributed by atoms with E-state index in [0.717, 1.165) is 4.48 Å². The maximum absolute atomic E-state index is 5.70. The molecule has 116 valence electrons. The van der Waals surface area contributed by atoms with Gasteiger partial charge in [-0.15, -0.1) is 11.5 Å². The first-order valence-corrected chi connectivity index (χ1v) is 11.3. The zero-order valence-corrected chi connectivity index (χ0v) is 15.6. The molecule has 0 aromatic heterocycles. The van der Waals surface area contributed by atoms with Gasteiger partial charge < -0.3 is 14.2 Å². The molecule has 1 heterocycles. The van der Waals surface area contributed by atoms with Crippen molar-refractivity contribution in [3.05, 3.63) is 11.1 Å². The fourth-order valence-electron chi connectivity index (χ4n) is 1.60. The van der Waals surface area contributed by atoms with Crippen molar-refractivity contribution in [1.82, 2.24) is 0 Å². The van der Waals surface area contributed by atoms with Gasteiger partial charge in [0.1, 0.15) is 14.7 Å². The SMILES string of the molecule is C=C(Br)COCC#CCCC1(C#C[Si](C)(C)C)OCCO1. The van der Waals surface area contributed by atoms with E-state index >= 15 is 0 Å². The van der Waals surface area contributed by atoms with Crippen LogP contribution in [0.4, 0.5) is 0 Å². The van der Waals surface area contributed by atoms with E-state index in [1.54, 1.807) is 0 Å². The summed E-state index contributed by atoms with van der Waals surface area (Å²) < 4.78 is 17.5. The van der Waals surface area contributed by atoms with Crippen LogP contribution in [-0.2, 0) is 14.2 Å².